The second kappa shape index (κ2) is 5.83. The van der Waals surface area contributed by atoms with Crippen LogP contribution in [0.4, 0.5) is 0 Å². The van der Waals surface area contributed by atoms with E-state index >= 15 is 0 Å². The monoisotopic (exact) mass is 300 g/mol. The number of piperidine rings is 1. The van der Waals surface area contributed by atoms with Gasteiger partial charge in [-0.2, -0.15) is 0 Å². The SMILES string of the molecule is C[C@@H]1[C@H](C(=O)O)CCCN1C(=O)Cn1ccc2ccccc21. The number of para-hydroxylation sites is 1. The van der Waals surface area contributed by atoms with Crippen LogP contribution in [-0.2, 0) is 16.1 Å². The van der Waals surface area contributed by atoms with E-state index < -0.39 is 11.9 Å². The number of hydrogen-bond acceptors (Lipinski definition) is 2. The van der Waals surface area contributed by atoms with Gasteiger partial charge in [-0.15, -0.1) is 0 Å². The molecule has 0 aliphatic carbocycles. The van der Waals surface area contributed by atoms with Crippen molar-refractivity contribution >= 4 is 22.8 Å². The molecule has 5 nitrogen and oxygen atoms in total. The van der Waals surface area contributed by atoms with Crippen LogP contribution in [0.1, 0.15) is 19.8 Å². The Labute approximate surface area is 129 Å². The van der Waals surface area contributed by atoms with Crippen molar-refractivity contribution in [3.8, 4) is 0 Å². The van der Waals surface area contributed by atoms with E-state index in [0.29, 0.717) is 13.0 Å². The maximum atomic E-state index is 12.6. The van der Waals surface area contributed by atoms with Gasteiger partial charge in [-0.1, -0.05) is 18.2 Å². The van der Waals surface area contributed by atoms with Crippen molar-refractivity contribution in [2.24, 2.45) is 5.92 Å². The lowest BCUT2D eigenvalue weighted by atomic mass is 9.90. The van der Waals surface area contributed by atoms with Crippen LogP contribution in [0, 0.1) is 5.92 Å². The van der Waals surface area contributed by atoms with Gasteiger partial charge in [0, 0.05) is 24.3 Å². The first-order valence-corrected chi connectivity index (χ1v) is 7.64. The summed E-state index contributed by atoms with van der Waals surface area (Å²) < 4.78 is 1.93. The van der Waals surface area contributed by atoms with E-state index in [4.69, 9.17) is 0 Å². The Morgan fingerprint density at radius 1 is 1.27 bits per heavy atom. The molecule has 2 aromatic rings. The lowest BCUT2D eigenvalue weighted by Crippen LogP contribution is -2.50. The van der Waals surface area contributed by atoms with Crippen LogP contribution in [0.25, 0.3) is 10.9 Å². The number of hydrogen-bond donors (Lipinski definition) is 1. The quantitative estimate of drug-likeness (QED) is 0.946. The largest absolute Gasteiger partial charge is 0.481 e. The maximum absolute atomic E-state index is 12.6. The average Bonchev–Trinajstić information content (AvgIpc) is 2.90. The van der Waals surface area contributed by atoms with E-state index in [2.05, 4.69) is 0 Å². The minimum Gasteiger partial charge on any atom is -0.481 e. The summed E-state index contributed by atoms with van der Waals surface area (Å²) in [6.45, 7) is 2.73. The van der Waals surface area contributed by atoms with E-state index in [1.807, 2.05) is 48.0 Å². The minimum atomic E-state index is -0.809. The maximum Gasteiger partial charge on any atom is 0.308 e. The highest BCUT2D eigenvalue weighted by Crippen LogP contribution is 2.24. The normalized spacial score (nSPS) is 22.0. The molecule has 1 N–H and O–H groups in total. The molecule has 22 heavy (non-hydrogen) atoms. The van der Waals surface area contributed by atoms with Gasteiger partial charge < -0.3 is 14.6 Å². The number of likely N-dealkylation sites (tertiary alicyclic amines) is 1. The minimum absolute atomic E-state index is 0.0141. The molecule has 2 atom stereocenters. The summed E-state index contributed by atoms with van der Waals surface area (Å²) in [5.74, 6) is -1.28. The second-order valence-electron chi connectivity index (χ2n) is 5.92. The molecule has 1 saturated heterocycles. The molecule has 1 aromatic carbocycles. The lowest BCUT2D eigenvalue weighted by Gasteiger charge is -2.37. The molecule has 0 radical (unpaired) electrons. The van der Waals surface area contributed by atoms with Crippen LogP contribution in [-0.4, -0.2) is 39.0 Å². The number of amides is 1. The molecule has 1 aliphatic rings. The van der Waals surface area contributed by atoms with Gasteiger partial charge in [-0.05, 0) is 37.3 Å². The zero-order valence-corrected chi connectivity index (χ0v) is 12.6. The first-order valence-electron chi connectivity index (χ1n) is 7.64. The molecule has 2 heterocycles. The zero-order valence-electron chi connectivity index (χ0n) is 12.6. The molecule has 0 unspecified atom stereocenters. The molecule has 0 spiro atoms. The fourth-order valence-electron chi connectivity index (χ4n) is 3.34. The fourth-order valence-corrected chi connectivity index (χ4v) is 3.34. The number of carbonyl (C=O) groups is 2. The number of fused-ring (bicyclic) bond motifs is 1. The van der Waals surface area contributed by atoms with E-state index in [0.717, 1.165) is 17.3 Å². The molecule has 1 aromatic heterocycles. The van der Waals surface area contributed by atoms with E-state index in [1.54, 1.807) is 4.90 Å². The number of rotatable bonds is 3. The van der Waals surface area contributed by atoms with Crippen LogP contribution in [0.15, 0.2) is 36.5 Å². The standard InChI is InChI=1S/C17H20N2O3/c1-12-14(17(21)22)6-4-9-19(12)16(20)11-18-10-8-13-5-2-3-7-15(13)18/h2-3,5,7-8,10,12,14H,4,6,9,11H2,1H3,(H,21,22)/t12-,14-/m1/s1. The van der Waals surface area contributed by atoms with E-state index in [1.165, 1.54) is 0 Å². The Morgan fingerprint density at radius 3 is 2.82 bits per heavy atom. The summed E-state index contributed by atoms with van der Waals surface area (Å²) in [6, 6.07) is 9.66. The fraction of sp³-hybridized carbons (Fsp3) is 0.412. The molecule has 5 heteroatoms. The van der Waals surface area contributed by atoms with Gasteiger partial charge in [-0.25, -0.2) is 0 Å². The summed E-state index contributed by atoms with van der Waals surface area (Å²) >= 11 is 0. The van der Waals surface area contributed by atoms with Crippen LogP contribution in [0.3, 0.4) is 0 Å². The number of nitrogens with zero attached hydrogens (tertiary/aromatic N) is 2. The van der Waals surface area contributed by atoms with Gasteiger partial charge in [0.2, 0.25) is 5.91 Å². The third-order valence-electron chi connectivity index (χ3n) is 4.61. The van der Waals surface area contributed by atoms with Gasteiger partial charge in [0.05, 0.1) is 5.92 Å². The summed E-state index contributed by atoms with van der Waals surface area (Å²) in [7, 11) is 0. The molecule has 116 valence electrons. The van der Waals surface area contributed by atoms with Crippen LogP contribution < -0.4 is 0 Å². The highest BCUT2D eigenvalue weighted by molar-refractivity contribution is 5.84. The Morgan fingerprint density at radius 2 is 2.05 bits per heavy atom. The highest BCUT2D eigenvalue weighted by atomic mass is 16.4. The number of carbonyl (C=O) groups excluding carboxylic acids is 1. The van der Waals surface area contributed by atoms with E-state index in [-0.39, 0.29) is 18.5 Å². The number of carboxylic acid groups (broad SMARTS) is 1. The molecule has 3 rings (SSSR count). The van der Waals surface area contributed by atoms with Gasteiger partial charge in [0.25, 0.3) is 0 Å². The summed E-state index contributed by atoms with van der Waals surface area (Å²) in [5, 5.41) is 10.4. The topological polar surface area (TPSA) is 62.5 Å². The molecule has 1 fully saturated rings. The highest BCUT2D eigenvalue weighted by Gasteiger charge is 2.35. The molecule has 1 aliphatic heterocycles. The number of aliphatic carboxylic acids is 1. The smallest absolute Gasteiger partial charge is 0.308 e. The zero-order chi connectivity index (χ0) is 15.7. The molecular formula is C17H20N2O3. The first-order chi connectivity index (χ1) is 10.6. The molecule has 0 saturated carbocycles. The first kappa shape index (κ1) is 14.6. The Hall–Kier alpha value is -2.30. The van der Waals surface area contributed by atoms with Crippen molar-refractivity contribution in [2.45, 2.75) is 32.4 Å². The predicted octanol–water partition coefficient (Wildman–Crippen LogP) is 2.35. The van der Waals surface area contributed by atoms with Crippen molar-refractivity contribution in [1.82, 2.24) is 9.47 Å². The summed E-state index contributed by atoms with van der Waals surface area (Å²) in [5.41, 5.74) is 1.02. The Balaban J connectivity index is 1.78. The number of benzene rings is 1. The summed E-state index contributed by atoms with van der Waals surface area (Å²) in [4.78, 5) is 25.6. The third kappa shape index (κ3) is 2.58. The van der Waals surface area contributed by atoms with Crippen LogP contribution in [0.5, 0.6) is 0 Å². The lowest BCUT2D eigenvalue weighted by molar-refractivity contribution is -0.149. The molecular weight excluding hydrogens is 280 g/mol. The van der Waals surface area contributed by atoms with Crippen molar-refractivity contribution < 1.29 is 14.7 Å². The molecule has 0 bridgehead atoms. The van der Waals surface area contributed by atoms with Crippen molar-refractivity contribution in [3.05, 3.63) is 36.5 Å². The van der Waals surface area contributed by atoms with Crippen molar-refractivity contribution in [1.29, 1.82) is 0 Å². The van der Waals surface area contributed by atoms with Crippen molar-refractivity contribution in [3.63, 3.8) is 0 Å². The Kier molecular flexibility index (Phi) is 3.88. The predicted molar refractivity (Wildman–Crippen MR) is 83.5 cm³/mol. The van der Waals surface area contributed by atoms with Gasteiger partial charge in [-0.3, -0.25) is 9.59 Å². The van der Waals surface area contributed by atoms with Gasteiger partial charge in [0.1, 0.15) is 6.54 Å². The Bertz CT molecular complexity index is 707. The van der Waals surface area contributed by atoms with E-state index in [9.17, 15) is 14.7 Å². The van der Waals surface area contributed by atoms with Crippen molar-refractivity contribution in [2.75, 3.05) is 6.54 Å². The number of carboxylic acids is 1. The molecule has 1 amide bonds. The van der Waals surface area contributed by atoms with Crippen LogP contribution in [0.2, 0.25) is 0 Å². The van der Waals surface area contributed by atoms with Gasteiger partial charge in [0.15, 0.2) is 0 Å². The van der Waals surface area contributed by atoms with Gasteiger partial charge >= 0.3 is 5.97 Å². The number of aromatic nitrogens is 1. The second-order valence-corrected chi connectivity index (χ2v) is 5.92. The summed E-state index contributed by atoms with van der Waals surface area (Å²) in [6.07, 6.45) is 3.30. The third-order valence-corrected chi connectivity index (χ3v) is 4.61. The van der Waals surface area contributed by atoms with Crippen LogP contribution >= 0.6 is 0 Å². The average molecular weight is 300 g/mol.